The SMILES string of the molecule is OCCn1nnc(CO)c1COc1ccc(Cl)cc1Cl. The van der Waals surface area contributed by atoms with E-state index in [0.29, 0.717) is 27.2 Å². The Morgan fingerprint density at radius 1 is 1.25 bits per heavy atom. The normalized spacial score (nSPS) is 10.8. The molecule has 108 valence electrons. The Hall–Kier alpha value is -1.34. The predicted octanol–water partition coefficient (Wildman–Crippen LogP) is 1.65. The highest BCUT2D eigenvalue weighted by Gasteiger charge is 2.13. The number of nitrogens with zero attached hydrogens (tertiary/aromatic N) is 3. The van der Waals surface area contributed by atoms with Crippen molar-refractivity contribution in [2.24, 2.45) is 0 Å². The summed E-state index contributed by atoms with van der Waals surface area (Å²) < 4.78 is 7.06. The third kappa shape index (κ3) is 3.40. The standard InChI is InChI=1S/C12H13Cl2N3O3/c13-8-1-2-12(9(14)5-8)20-7-11-10(6-19)15-16-17(11)3-4-18/h1-2,5,18-19H,3-4,6-7H2. The molecule has 0 fully saturated rings. The zero-order valence-electron chi connectivity index (χ0n) is 10.5. The van der Waals surface area contributed by atoms with Gasteiger partial charge in [0.2, 0.25) is 0 Å². The summed E-state index contributed by atoms with van der Waals surface area (Å²) in [6, 6.07) is 4.90. The van der Waals surface area contributed by atoms with E-state index in [2.05, 4.69) is 10.3 Å². The van der Waals surface area contributed by atoms with E-state index in [1.807, 2.05) is 0 Å². The molecule has 2 rings (SSSR count). The van der Waals surface area contributed by atoms with Crippen molar-refractivity contribution < 1.29 is 14.9 Å². The van der Waals surface area contributed by atoms with E-state index in [1.165, 1.54) is 4.68 Å². The van der Waals surface area contributed by atoms with Gasteiger partial charge in [-0.3, -0.25) is 0 Å². The van der Waals surface area contributed by atoms with E-state index >= 15 is 0 Å². The lowest BCUT2D eigenvalue weighted by Crippen LogP contribution is -2.11. The first kappa shape index (κ1) is 15.1. The number of hydrogen-bond donors (Lipinski definition) is 2. The minimum atomic E-state index is -0.252. The molecule has 0 aliphatic heterocycles. The van der Waals surface area contributed by atoms with Crippen LogP contribution in [-0.4, -0.2) is 31.8 Å². The zero-order valence-corrected chi connectivity index (χ0v) is 12.0. The first-order valence-electron chi connectivity index (χ1n) is 5.86. The van der Waals surface area contributed by atoms with Crippen LogP contribution in [0.5, 0.6) is 5.75 Å². The van der Waals surface area contributed by atoms with Crippen LogP contribution in [0.2, 0.25) is 10.0 Å². The van der Waals surface area contributed by atoms with Crippen molar-refractivity contribution in [2.75, 3.05) is 6.61 Å². The van der Waals surface area contributed by atoms with Gasteiger partial charge >= 0.3 is 0 Å². The average Bonchev–Trinajstić information content (AvgIpc) is 2.80. The maximum Gasteiger partial charge on any atom is 0.138 e. The van der Waals surface area contributed by atoms with Gasteiger partial charge in [0, 0.05) is 5.02 Å². The van der Waals surface area contributed by atoms with Crippen LogP contribution in [0.3, 0.4) is 0 Å². The molecular weight excluding hydrogens is 305 g/mol. The van der Waals surface area contributed by atoms with Gasteiger partial charge < -0.3 is 14.9 Å². The third-order valence-corrected chi connectivity index (χ3v) is 3.17. The largest absolute Gasteiger partial charge is 0.486 e. The van der Waals surface area contributed by atoms with Crippen molar-refractivity contribution in [2.45, 2.75) is 19.8 Å². The van der Waals surface area contributed by atoms with Crippen molar-refractivity contribution in [3.05, 3.63) is 39.6 Å². The maximum atomic E-state index is 9.21. The Bertz CT molecular complexity index is 589. The van der Waals surface area contributed by atoms with Gasteiger partial charge in [0.05, 0.1) is 24.8 Å². The molecule has 1 aromatic carbocycles. The number of aliphatic hydroxyl groups excluding tert-OH is 2. The number of halogens is 2. The average molecular weight is 318 g/mol. The molecule has 8 heteroatoms. The molecule has 20 heavy (non-hydrogen) atoms. The number of rotatable bonds is 6. The summed E-state index contributed by atoms with van der Waals surface area (Å²) in [5.74, 6) is 0.469. The van der Waals surface area contributed by atoms with Crippen LogP contribution in [0.1, 0.15) is 11.4 Å². The molecule has 0 bridgehead atoms. The molecule has 0 aliphatic carbocycles. The number of ether oxygens (including phenoxy) is 1. The second kappa shape index (κ2) is 6.90. The zero-order chi connectivity index (χ0) is 14.5. The second-order valence-electron chi connectivity index (χ2n) is 3.95. The first-order valence-corrected chi connectivity index (χ1v) is 6.62. The van der Waals surface area contributed by atoms with E-state index in [-0.39, 0.29) is 26.4 Å². The predicted molar refractivity (Wildman–Crippen MR) is 73.8 cm³/mol. The molecule has 1 aromatic heterocycles. The number of aliphatic hydroxyl groups is 2. The van der Waals surface area contributed by atoms with Crippen LogP contribution >= 0.6 is 23.2 Å². The molecule has 1 heterocycles. The highest BCUT2D eigenvalue weighted by molar-refractivity contribution is 6.35. The van der Waals surface area contributed by atoms with Crippen LogP contribution in [-0.2, 0) is 19.8 Å². The smallest absolute Gasteiger partial charge is 0.138 e. The lowest BCUT2D eigenvalue weighted by molar-refractivity contribution is 0.246. The first-order chi connectivity index (χ1) is 9.65. The fourth-order valence-corrected chi connectivity index (χ4v) is 2.13. The van der Waals surface area contributed by atoms with Crippen molar-refractivity contribution in [1.82, 2.24) is 15.0 Å². The summed E-state index contributed by atoms with van der Waals surface area (Å²) >= 11 is 11.8. The lowest BCUT2D eigenvalue weighted by atomic mass is 10.3. The minimum absolute atomic E-state index is 0.0804. The topological polar surface area (TPSA) is 80.4 Å². The fourth-order valence-electron chi connectivity index (χ4n) is 1.66. The van der Waals surface area contributed by atoms with Crippen LogP contribution in [0, 0.1) is 0 Å². The van der Waals surface area contributed by atoms with Gasteiger partial charge in [0.25, 0.3) is 0 Å². The summed E-state index contributed by atoms with van der Waals surface area (Å²) in [6.07, 6.45) is 0. The van der Waals surface area contributed by atoms with Gasteiger partial charge in [-0.1, -0.05) is 28.4 Å². The van der Waals surface area contributed by atoms with E-state index in [1.54, 1.807) is 18.2 Å². The summed E-state index contributed by atoms with van der Waals surface area (Å²) in [7, 11) is 0. The Labute approximate surface area is 125 Å². The molecule has 0 spiro atoms. The van der Waals surface area contributed by atoms with Crippen molar-refractivity contribution in [3.8, 4) is 5.75 Å². The summed E-state index contributed by atoms with van der Waals surface area (Å²) in [5.41, 5.74) is 0.996. The molecule has 0 aliphatic rings. The molecule has 0 saturated heterocycles. The number of hydrogen-bond acceptors (Lipinski definition) is 5. The molecular formula is C12H13Cl2N3O3. The third-order valence-electron chi connectivity index (χ3n) is 2.64. The molecule has 2 aromatic rings. The molecule has 0 saturated carbocycles. The molecule has 2 N–H and O–H groups in total. The Morgan fingerprint density at radius 2 is 2.05 bits per heavy atom. The highest BCUT2D eigenvalue weighted by atomic mass is 35.5. The van der Waals surface area contributed by atoms with Crippen molar-refractivity contribution >= 4 is 23.2 Å². The molecule has 0 radical (unpaired) electrons. The van der Waals surface area contributed by atoms with E-state index in [9.17, 15) is 5.11 Å². The molecule has 0 amide bonds. The summed E-state index contributed by atoms with van der Waals surface area (Å²) in [4.78, 5) is 0. The van der Waals surface area contributed by atoms with Crippen molar-refractivity contribution in [3.63, 3.8) is 0 Å². The van der Waals surface area contributed by atoms with Crippen LogP contribution in [0.15, 0.2) is 18.2 Å². The highest BCUT2D eigenvalue weighted by Crippen LogP contribution is 2.28. The Morgan fingerprint density at radius 3 is 2.70 bits per heavy atom. The van der Waals surface area contributed by atoms with Gasteiger partial charge in [-0.2, -0.15) is 0 Å². The quantitative estimate of drug-likeness (QED) is 0.846. The van der Waals surface area contributed by atoms with Gasteiger partial charge in [0.15, 0.2) is 0 Å². The van der Waals surface area contributed by atoms with Gasteiger partial charge in [0.1, 0.15) is 23.7 Å². The van der Waals surface area contributed by atoms with Gasteiger partial charge in [-0.05, 0) is 18.2 Å². The molecule has 6 nitrogen and oxygen atoms in total. The second-order valence-corrected chi connectivity index (χ2v) is 4.79. The molecule has 0 unspecified atom stereocenters. The number of benzene rings is 1. The van der Waals surface area contributed by atoms with Crippen LogP contribution in [0.25, 0.3) is 0 Å². The summed E-state index contributed by atoms with van der Waals surface area (Å²) in [5, 5.41) is 26.7. The van der Waals surface area contributed by atoms with E-state index in [0.717, 1.165) is 0 Å². The Balaban J connectivity index is 2.15. The van der Waals surface area contributed by atoms with Crippen LogP contribution in [0.4, 0.5) is 0 Å². The van der Waals surface area contributed by atoms with Crippen LogP contribution < -0.4 is 4.74 Å². The van der Waals surface area contributed by atoms with Gasteiger partial charge in [-0.15, -0.1) is 5.10 Å². The fraction of sp³-hybridized carbons (Fsp3) is 0.333. The monoisotopic (exact) mass is 317 g/mol. The number of aromatic nitrogens is 3. The van der Waals surface area contributed by atoms with Gasteiger partial charge in [-0.25, -0.2) is 4.68 Å². The molecule has 0 atom stereocenters. The summed E-state index contributed by atoms with van der Waals surface area (Å²) in [6.45, 7) is 0.0751. The maximum absolute atomic E-state index is 9.21. The lowest BCUT2D eigenvalue weighted by Gasteiger charge is -2.10. The van der Waals surface area contributed by atoms with Crippen molar-refractivity contribution in [1.29, 1.82) is 0 Å². The van der Waals surface area contributed by atoms with E-state index in [4.69, 9.17) is 33.0 Å². The van der Waals surface area contributed by atoms with E-state index < -0.39 is 0 Å². The Kier molecular flexibility index (Phi) is 5.19. The minimum Gasteiger partial charge on any atom is -0.486 e.